The molecular weight excluding hydrogens is 238 g/mol. The number of amides is 3. The van der Waals surface area contributed by atoms with Crippen molar-refractivity contribution in [1.82, 2.24) is 10.2 Å². The van der Waals surface area contributed by atoms with Crippen LogP contribution in [0.15, 0.2) is 29.2 Å². The van der Waals surface area contributed by atoms with E-state index in [0.717, 1.165) is 10.6 Å². The number of carbonyl (C=O) groups excluding carboxylic acids is 2. The number of nitrogens with two attached hydrogens (primary N) is 1. The van der Waals surface area contributed by atoms with E-state index in [2.05, 4.69) is 5.32 Å². The molecule has 0 spiro atoms. The van der Waals surface area contributed by atoms with Crippen molar-refractivity contribution in [1.29, 1.82) is 0 Å². The Kier molecular flexibility index (Phi) is 3.53. The number of urea groups is 1. The van der Waals surface area contributed by atoms with E-state index in [4.69, 9.17) is 5.73 Å². The number of nitrogen functional groups attached to an aromatic ring is 1. The first-order chi connectivity index (χ1) is 8.16. The zero-order chi connectivity index (χ0) is 12.3. The fraction of sp³-hybridized carbons (Fsp3) is 0.273. The molecule has 6 heteroatoms. The van der Waals surface area contributed by atoms with Crippen LogP contribution < -0.4 is 11.1 Å². The first kappa shape index (κ1) is 11.8. The van der Waals surface area contributed by atoms with Gasteiger partial charge in [0.1, 0.15) is 0 Å². The zero-order valence-electron chi connectivity index (χ0n) is 9.18. The lowest BCUT2D eigenvalue weighted by Crippen LogP contribution is -2.32. The number of hydrogen-bond acceptors (Lipinski definition) is 4. The molecule has 0 radical (unpaired) electrons. The fourth-order valence-electron chi connectivity index (χ4n) is 1.50. The van der Waals surface area contributed by atoms with Crippen LogP contribution in [0.5, 0.6) is 0 Å². The maximum absolute atomic E-state index is 11.3. The lowest BCUT2D eigenvalue weighted by Gasteiger charge is -2.11. The van der Waals surface area contributed by atoms with Crippen molar-refractivity contribution in [3.63, 3.8) is 0 Å². The summed E-state index contributed by atoms with van der Waals surface area (Å²) in [5.41, 5.74) is 6.30. The van der Waals surface area contributed by atoms with Crippen LogP contribution in [0, 0.1) is 0 Å². The molecule has 1 aliphatic heterocycles. The van der Waals surface area contributed by atoms with Gasteiger partial charge in [-0.1, -0.05) is 0 Å². The van der Waals surface area contributed by atoms with Crippen LogP contribution in [0.3, 0.4) is 0 Å². The Bertz CT molecular complexity index is 417. The number of benzene rings is 1. The van der Waals surface area contributed by atoms with Crippen molar-refractivity contribution in [3.8, 4) is 0 Å². The summed E-state index contributed by atoms with van der Waals surface area (Å²) in [6.45, 7) is 0.547. The van der Waals surface area contributed by atoms with E-state index in [1.54, 1.807) is 11.8 Å². The van der Waals surface area contributed by atoms with Crippen LogP contribution in [0.25, 0.3) is 0 Å². The molecule has 0 atom stereocenters. The number of carbonyl (C=O) groups is 2. The van der Waals surface area contributed by atoms with Gasteiger partial charge in [-0.05, 0) is 24.3 Å². The molecule has 90 valence electrons. The van der Waals surface area contributed by atoms with Gasteiger partial charge in [0.05, 0.1) is 6.54 Å². The van der Waals surface area contributed by atoms with Crippen molar-refractivity contribution >= 4 is 29.4 Å². The Hall–Kier alpha value is -1.69. The fourth-order valence-corrected chi connectivity index (χ4v) is 2.34. The Morgan fingerprint density at radius 2 is 2.00 bits per heavy atom. The van der Waals surface area contributed by atoms with E-state index in [-0.39, 0.29) is 18.5 Å². The third-order valence-electron chi connectivity index (χ3n) is 2.40. The average Bonchev–Trinajstić information content (AvgIpc) is 2.63. The predicted molar refractivity (Wildman–Crippen MR) is 66.7 cm³/mol. The first-order valence-electron chi connectivity index (χ1n) is 5.23. The van der Waals surface area contributed by atoms with E-state index in [1.165, 1.54) is 4.90 Å². The molecular formula is C11H13N3O2S. The first-order valence-corrected chi connectivity index (χ1v) is 6.22. The molecule has 0 unspecified atom stereocenters. The van der Waals surface area contributed by atoms with Gasteiger partial charge in [0.15, 0.2) is 0 Å². The molecule has 3 N–H and O–H groups in total. The third-order valence-corrected chi connectivity index (χ3v) is 3.39. The summed E-state index contributed by atoms with van der Waals surface area (Å²) in [6, 6.07) is 7.21. The Morgan fingerprint density at radius 3 is 2.59 bits per heavy atom. The summed E-state index contributed by atoms with van der Waals surface area (Å²) in [6.07, 6.45) is 0. The molecule has 1 fully saturated rings. The maximum atomic E-state index is 11.3. The average molecular weight is 251 g/mol. The highest BCUT2D eigenvalue weighted by Crippen LogP contribution is 2.19. The van der Waals surface area contributed by atoms with Crippen LogP contribution in [0.4, 0.5) is 10.5 Å². The number of imide groups is 1. The number of thioether (sulfide) groups is 1. The third kappa shape index (κ3) is 2.91. The molecule has 1 heterocycles. The standard InChI is InChI=1S/C11H13N3O2S/c12-8-1-3-9(4-2-8)17-6-5-14-10(15)7-13-11(14)16/h1-4H,5-7,12H2,(H,13,16). The van der Waals surface area contributed by atoms with Gasteiger partial charge in [0.25, 0.3) is 0 Å². The molecule has 1 aromatic rings. The molecule has 1 aliphatic rings. The van der Waals surface area contributed by atoms with Crippen LogP contribution in [-0.2, 0) is 4.79 Å². The number of nitrogens with one attached hydrogen (secondary N) is 1. The van der Waals surface area contributed by atoms with Crippen LogP contribution >= 0.6 is 11.8 Å². The minimum atomic E-state index is -0.298. The van der Waals surface area contributed by atoms with Gasteiger partial charge in [-0.2, -0.15) is 0 Å². The lowest BCUT2D eigenvalue weighted by atomic mass is 10.3. The number of nitrogens with zero attached hydrogens (tertiary/aromatic N) is 1. The molecule has 0 saturated carbocycles. The molecule has 17 heavy (non-hydrogen) atoms. The van der Waals surface area contributed by atoms with Crippen LogP contribution in [0.2, 0.25) is 0 Å². The van der Waals surface area contributed by atoms with Crippen molar-refractivity contribution in [2.45, 2.75) is 4.90 Å². The largest absolute Gasteiger partial charge is 0.399 e. The molecule has 3 amide bonds. The molecule has 1 saturated heterocycles. The van der Waals surface area contributed by atoms with E-state index >= 15 is 0 Å². The highest BCUT2D eigenvalue weighted by Gasteiger charge is 2.27. The van der Waals surface area contributed by atoms with Crippen LogP contribution in [0.1, 0.15) is 0 Å². The van der Waals surface area contributed by atoms with Crippen molar-refractivity contribution in [2.75, 3.05) is 24.6 Å². The van der Waals surface area contributed by atoms with E-state index < -0.39 is 0 Å². The Morgan fingerprint density at radius 1 is 1.29 bits per heavy atom. The molecule has 5 nitrogen and oxygen atoms in total. The minimum absolute atomic E-state index is 0.116. The summed E-state index contributed by atoms with van der Waals surface area (Å²) in [5, 5.41) is 2.49. The highest BCUT2D eigenvalue weighted by molar-refractivity contribution is 7.99. The van der Waals surface area contributed by atoms with E-state index in [9.17, 15) is 9.59 Å². The number of anilines is 1. The molecule has 0 aliphatic carbocycles. The van der Waals surface area contributed by atoms with E-state index in [1.807, 2.05) is 24.3 Å². The van der Waals surface area contributed by atoms with Gasteiger partial charge < -0.3 is 11.1 Å². The van der Waals surface area contributed by atoms with Gasteiger partial charge in [-0.15, -0.1) is 11.8 Å². The summed E-state index contributed by atoms with van der Waals surface area (Å²) >= 11 is 1.59. The summed E-state index contributed by atoms with van der Waals surface area (Å²) in [5.74, 6) is 0.524. The SMILES string of the molecule is Nc1ccc(SCCN2C(=O)CNC2=O)cc1. The smallest absolute Gasteiger partial charge is 0.324 e. The van der Waals surface area contributed by atoms with Crippen molar-refractivity contribution in [3.05, 3.63) is 24.3 Å². The van der Waals surface area contributed by atoms with Gasteiger partial charge in [-0.3, -0.25) is 9.69 Å². The molecule has 2 rings (SSSR count). The molecule has 0 bridgehead atoms. The van der Waals surface area contributed by atoms with Gasteiger partial charge in [0.2, 0.25) is 5.91 Å². The second kappa shape index (κ2) is 5.09. The number of hydrogen-bond donors (Lipinski definition) is 2. The minimum Gasteiger partial charge on any atom is -0.399 e. The maximum Gasteiger partial charge on any atom is 0.324 e. The van der Waals surface area contributed by atoms with Gasteiger partial charge in [-0.25, -0.2) is 4.79 Å². The van der Waals surface area contributed by atoms with E-state index in [0.29, 0.717) is 12.3 Å². The monoisotopic (exact) mass is 251 g/mol. The number of rotatable bonds is 4. The zero-order valence-corrected chi connectivity index (χ0v) is 10.00. The quantitative estimate of drug-likeness (QED) is 0.474. The lowest BCUT2D eigenvalue weighted by molar-refractivity contribution is -0.124. The Labute approximate surface area is 103 Å². The second-order valence-corrected chi connectivity index (χ2v) is 4.79. The van der Waals surface area contributed by atoms with Crippen molar-refractivity contribution in [2.24, 2.45) is 0 Å². The normalized spacial score (nSPS) is 15.2. The van der Waals surface area contributed by atoms with Gasteiger partial charge in [0, 0.05) is 22.9 Å². The van der Waals surface area contributed by atoms with Crippen molar-refractivity contribution < 1.29 is 9.59 Å². The second-order valence-electron chi connectivity index (χ2n) is 3.62. The molecule has 0 aromatic heterocycles. The van der Waals surface area contributed by atoms with Crippen LogP contribution in [-0.4, -0.2) is 35.7 Å². The summed E-state index contributed by atoms with van der Waals surface area (Å²) in [4.78, 5) is 24.8. The summed E-state index contributed by atoms with van der Waals surface area (Å²) in [7, 11) is 0. The molecule has 1 aromatic carbocycles. The van der Waals surface area contributed by atoms with Gasteiger partial charge >= 0.3 is 6.03 Å². The topological polar surface area (TPSA) is 75.4 Å². The highest BCUT2D eigenvalue weighted by atomic mass is 32.2. The predicted octanol–water partition coefficient (Wildman–Crippen LogP) is 0.913. The Balaban J connectivity index is 1.81. The summed E-state index contributed by atoms with van der Waals surface area (Å²) < 4.78 is 0.